The second-order valence-electron chi connectivity index (χ2n) is 4.09. The van der Waals surface area contributed by atoms with Crippen LogP contribution in [-0.4, -0.2) is 62.1 Å². The topological polar surface area (TPSA) is 154 Å². The van der Waals surface area contributed by atoms with Crippen molar-refractivity contribution >= 4 is 17.3 Å². The van der Waals surface area contributed by atoms with E-state index >= 15 is 0 Å². The monoisotopic (exact) mass is 287 g/mol. The molecule has 1 aromatic rings. The molecule has 0 bridgehead atoms. The van der Waals surface area contributed by atoms with Gasteiger partial charge in [-0.1, -0.05) is 0 Å². The van der Waals surface area contributed by atoms with Crippen molar-refractivity contribution < 1.29 is 20.2 Å². The molecule has 0 atom stereocenters. The number of aliphatic hydroxyl groups is 3. The van der Waals surface area contributed by atoms with Crippen LogP contribution in [0.2, 0.25) is 0 Å². The zero-order chi connectivity index (χ0) is 15.2. The Balaban J connectivity index is 3.23. The number of aromatic nitrogens is 2. The van der Waals surface area contributed by atoms with E-state index in [1.54, 1.807) is 6.92 Å². The average molecular weight is 287 g/mol. The fraction of sp³-hybridized carbons (Fsp3) is 0.600. The lowest BCUT2D eigenvalue weighted by molar-refractivity contribution is -0.383. The van der Waals surface area contributed by atoms with E-state index < -0.39 is 36.0 Å². The van der Waals surface area contributed by atoms with Gasteiger partial charge in [0.2, 0.25) is 11.6 Å². The van der Waals surface area contributed by atoms with Gasteiger partial charge in [-0.15, -0.1) is 0 Å². The number of nitrogens with zero attached hydrogens (tertiary/aromatic N) is 3. The van der Waals surface area contributed by atoms with E-state index in [4.69, 9.17) is 0 Å². The first-order chi connectivity index (χ1) is 9.53. The molecular formula is C10H17N5O5. The Hall–Kier alpha value is -2.04. The lowest BCUT2D eigenvalue weighted by atomic mass is 10.0. The molecule has 0 spiro atoms. The van der Waals surface area contributed by atoms with Crippen LogP contribution in [0.25, 0.3) is 0 Å². The highest BCUT2D eigenvalue weighted by Gasteiger charge is 2.33. The smallest absolute Gasteiger partial charge is 0.353 e. The molecule has 1 heterocycles. The molecule has 0 unspecified atom stereocenters. The maximum absolute atomic E-state index is 11.1. The number of hydrogen-bond donors (Lipinski definition) is 5. The van der Waals surface area contributed by atoms with Crippen molar-refractivity contribution in [2.45, 2.75) is 12.5 Å². The highest BCUT2D eigenvalue weighted by molar-refractivity contribution is 5.69. The molecule has 0 aromatic carbocycles. The summed E-state index contributed by atoms with van der Waals surface area (Å²) >= 11 is 0. The van der Waals surface area contributed by atoms with E-state index in [0.717, 1.165) is 6.33 Å². The van der Waals surface area contributed by atoms with E-state index in [-0.39, 0.29) is 11.6 Å². The molecular weight excluding hydrogens is 270 g/mol. The number of hydrogen-bond acceptors (Lipinski definition) is 9. The van der Waals surface area contributed by atoms with E-state index in [1.807, 2.05) is 0 Å². The number of aliphatic hydroxyl groups excluding tert-OH is 3. The SMILES string of the molecule is CCNc1ncnc(NC(CO)(CO)CO)c1[N+](=O)[O-]. The number of nitrogens with one attached hydrogen (secondary N) is 2. The molecule has 0 saturated carbocycles. The van der Waals surface area contributed by atoms with Gasteiger partial charge in [0.15, 0.2) is 0 Å². The molecule has 20 heavy (non-hydrogen) atoms. The third kappa shape index (κ3) is 3.29. The van der Waals surface area contributed by atoms with E-state index in [9.17, 15) is 25.4 Å². The molecule has 5 N–H and O–H groups in total. The summed E-state index contributed by atoms with van der Waals surface area (Å²) in [5.41, 5.74) is -1.93. The van der Waals surface area contributed by atoms with Crippen molar-refractivity contribution in [3.8, 4) is 0 Å². The zero-order valence-electron chi connectivity index (χ0n) is 10.9. The molecule has 0 aliphatic heterocycles. The van der Waals surface area contributed by atoms with Crippen molar-refractivity contribution in [2.24, 2.45) is 0 Å². The predicted octanol–water partition coefficient (Wildman–Crippen LogP) is -1.06. The molecule has 10 nitrogen and oxygen atoms in total. The Morgan fingerprint density at radius 2 is 1.80 bits per heavy atom. The van der Waals surface area contributed by atoms with Gasteiger partial charge in [0, 0.05) is 6.54 Å². The number of rotatable bonds is 8. The molecule has 1 aromatic heterocycles. The summed E-state index contributed by atoms with van der Waals surface area (Å²) in [5.74, 6) is -0.184. The van der Waals surface area contributed by atoms with Crippen LogP contribution in [0.1, 0.15) is 6.92 Å². The zero-order valence-corrected chi connectivity index (χ0v) is 10.9. The Morgan fingerprint density at radius 1 is 1.25 bits per heavy atom. The molecule has 0 aliphatic carbocycles. The van der Waals surface area contributed by atoms with Crippen LogP contribution in [-0.2, 0) is 0 Å². The minimum Gasteiger partial charge on any atom is -0.394 e. The van der Waals surface area contributed by atoms with Crippen molar-refractivity contribution in [2.75, 3.05) is 37.0 Å². The van der Waals surface area contributed by atoms with Gasteiger partial charge >= 0.3 is 5.69 Å². The summed E-state index contributed by atoms with van der Waals surface area (Å²) in [6.07, 6.45) is 1.10. The van der Waals surface area contributed by atoms with Crippen LogP contribution in [0, 0.1) is 10.1 Å². The first-order valence-corrected chi connectivity index (χ1v) is 5.87. The van der Waals surface area contributed by atoms with Gasteiger partial charge in [-0.3, -0.25) is 10.1 Å². The second kappa shape index (κ2) is 6.93. The molecule has 10 heteroatoms. The summed E-state index contributed by atoms with van der Waals surface area (Å²) in [6, 6.07) is 0. The number of nitro groups is 1. The van der Waals surface area contributed by atoms with Crippen molar-refractivity contribution in [1.29, 1.82) is 0 Å². The predicted molar refractivity (Wildman–Crippen MR) is 70.5 cm³/mol. The fourth-order valence-corrected chi connectivity index (χ4v) is 1.46. The van der Waals surface area contributed by atoms with E-state index in [0.29, 0.717) is 6.54 Å². The summed E-state index contributed by atoms with van der Waals surface area (Å²) in [7, 11) is 0. The average Bonchev–Trinajstić information content (AvgIpc) is 2.45. The minimum absolute atomic E-state index is 0.0118. The van der Waals surface area contributed by atoms with E-state index in [1.165, 1.54) is 0 Å². The third-order valence-electron chi connectivity index (χ3n) is 2.64. The van der Waals surface area contributed by atoms with Crippen molar-refractivity contribution in [3.63, 3.8) is 0 Å². The van der Waals surface area contributed by atoms with Crippen LogP contribution in [0.15, 0.2) is 6.33 Å². The normalized spacial score (nSPS) is 11.2. The molecule has 1 rings (SSSR count). The summed E-state index contributed by atoms with van der Waals surface area (Å²) in [6.45, 7) is 0.286. The van der Waals surface area contributed by atoms with Crippen LogP contribution in [0.5, 0.6) is 0 Å². The van der Waals surface area contributed by atoms with Crippen molar-refractivity contribution in [3.05, 3.63) is 16.4 Å². The Morgan fingerprint density at radius 3 is 2.25 bits per heavy atom. The maximum Gasteiger partial charge on any atom is 0.353 e. The second-order valence-corrected chi connectivity index (χ2v) is 4.09. The number of anilines is 2. The maximum atomic E-state index is 11.1. The van der Waals surface area contributed by atoms with Gasteiger partial charge < -0.3 is 26.0 Å². The van der Waals surface area contributed by atoms with Gasteiger partial charge in [0.05, 0.1) is 24.7 Å². The van der Waals surface area contributed by atoms with Crippen LogP contribution >= 0.6 is 0 Å². The van der Waals surface area contributed by atoms with Gasteiger partial charge in [-0.25, -0.2) is 9.97 Å². The van der Waals surface area contributed by atoms with Gasteiger partial charge in [0.1, 0.15) is 11.9 Å². The summed E-state index contributed by atoms with van der Waals surface area (Å²) < 4.78 is 0. The standard InChI is InChI=1S/C10H17N5O5/c1-2-11-8-7(15(19)20)9(13-6-12-8)14-10(3-16,4-17)5-18/h6,16-18H,2-5H2,1H3,(H2,11,12,13,14). The Bertz CT molecular complexity index is 457. The summed E-state index contributed by atoms with van der Waals surface area (Å²) in [4.78, 5) is 17.9. The van der Waals surface area contributed by atoms with Gasteiger partial charge in [-0.05, 0) is 6.92 Å². The molecule has 0 amide bonds. The van der Waals surface area contributed by atoms with Crippen LogP contribution < -0.4 is 10.6 Å². The van der Waals surface area contributed by atoms with Gasteiger partial charge in [-0.2, -0.15) is 0 Å². The molecule has 112 valence electrons. The largest absolute Gasteiger partial charge is 0.394 e. The molecule has 0 aliphatic rings. The van der Waals surface area contributed by atoms with Crippen LogP contribution in [0.3, 0.4) is 0 Å². The fourth-order valence-electron chi connectivity index (χ4n) is 1.46. The Kier molecular flexibility index (Phi) is 5.55. The highest BCUT2D eigenvalue weighted by Crippen LogP contribution is 2.30. The third-order valence-corrected chi connectivity index (χ3v) is 2.64. The van der Waals surface area contributed by atoms with Gasteiger partial charge in [0.25, 0.3) is 0 Å². The first kappa shape index (κ1) is 16.0. The lowest BCUT2D eigenvalue weighted by Gasteiger charge is -2.28. The molecule has 0 fully saturated rings. The quantitative estimate of drug-likeness (QED) is 0.297. The Labute approximate surface area is 114 Å². The van der Waals surface area contributed by atoms with E-state index in [2.05, 4.69) is 20.6 Å². The highest BCUT2D eigenvalue weighted by atomic mass is 16.6. The van der Waals surface area contributed by atoms with Crippen molar-refractivity contribution in [1.82, 2.24) is 9.97 Å². The molecule has 0 radical (unpaired) electrons. The summed E-state index contributed by atoms with van der Waals surface area (Å²) in [5, 5.41) is 44.0. The molecule has 0 saturated heterocycles. The van der Waals surface area contributed by atoms with Crippen LogP contribution in [0.4, 0.5) is 17.3 Å². The lowest BCUT2D eigenvalue weighted by Crippen LogP contribution is -2.49. The first-order valence-electron chi connectivity index (χ1n) is 5.87. The minimum atomic E-state index is -1.51.